The van der Waals surface area contributed by atoms with Crippen LogP contribution in [-0.2, 0) is 6.18 Å². The van der Waals surface area contributed by atoms with Crippen molar-refractivity contribution in [2.45, 2.75) is 6.18 Å². The van der Waals surface area contributed by atoms with E-state index in [1.54, 1.807) is 18.2 Å². The van der Waals surface area contributed by atoms with E-state index in [9.17, 15) is 13.2 Å². The predicted molar refractivity (Wildman–Crippen MR) is 71.2 cm³/mol. The van der Waals surface area contributed by atoms with E-state index >= 15 is 0 Å². The summed E-state index contributed by atoms with van der Waals surface area (Å²) in [6, 6.07) is 7.00. The summed E-state index contributed by atoms with van der Waals surface area (Å²) in [7, 11) is 0. The van der Waals surface area contributed by atoms with Crippen molar-refractivity contribution in [3.63, 3.8) is 0 Å². The van der Waals surface area contributed by atoms with Crippen LogP contribution in [0, 0.1) is 0 Å². The molecule has 0 bridgehead atoms. The summed E-state index contributed by atoms with van der Waals surface area (Å²) in [5.74, 6) is -0.217. The second-order valence-electron chi connectivity index (χ2n) is 3.56. The first kappa shape index (κ1) is 14.3. The molecular formula is C12H6Br2F3NO. The maximum absolute atomic E-state index is 12.8. The van der Waals surface area contributed by atoms with Gasteiger partial charge in [-0.1, -0.05) is 31.9 Å². The Kier molecular flexibility index (Phi) is 4.15. The average molecular weight is 397 g/mol. The van der Waals surface area contributed by atoms with Gasteiger partial charge in [0.25, 0.3) is 0 Å². The number of pyridine rings is 1. The van der Waals surface area contributed by atoms with E-state index in [1.807, 2.05) is 0 Å². The molecule has 1 aromatic carbocycles. The molecule has 0 unspecified atom stereocenters. The van der Waals surface area contributed by atoms with Crippen LogP contribution >= 0.6 is 31.9 Å². The number of alkyl halides is 3. The van der Waals surface area contributed by atoms with Crippen molar-refractivity contribution in [3.05, 3.63) is 51.0 Å². The van der Waals surface area contributed by atoms with E-state index in [4.69, 9.17) is 4.74 Å². The lowest BCUT2D eigenvalue weighted by Crippen LogP contribution is -2.08. The Morgan fingerprint density at radius 1 is 1.05 bits per heavy atom. The van der Waals surface area contributed by atoms with Crippen LogP contribution in [0.3, 0.4) is 0 Å². The summed E-state index contributed by atoms with van der Waals surface area (Å²) < 4.78 is 44.9. The van der Waals surface area contributed by atoms with E-state index in [2.05, 4.69) is 36.8 Å². The highest BCUT2D eigenvalue weighted by Crippen LogP contribution is 2.37. The number of rotatable bonds is 2. The smallest absolute Gasteiger partial charge is 0.421 e. The van der Waals surface area contributed by atoms with Crippen LogP contribution < -0.4 is 4.74 Å². The van der Waals surface area contributed by atoms with Gasteiger partial charge in [0.15, 0.2) is 0 Å². The summed E-state index contributed by atoms with van der Waals surface area (Å²) in [4.78, 5) is 3.63. The van der Waals surface area contributed by atoms with Crippen molar-refractivity contribution in [3.8, 4) is 11.6 Å². The minimum atomic E-state index is -4.51. The number of ether oxygens (including phenoxy) is 1. The molecule has 0 spiro atoms. The van der Waals surface area contributed by atoms with Crippen molar-refractivity contribution < 1.29 is 17.9 Å². The van der Waals surface area contributed by atoms with Crippen LogP contribution in [0.1, 0.15) is 5.56 Å². The maximum atomic E-state index is 12.8. The van der Waals surface area contributed by atoms with Gasteiger partial charge >= 0.3 is 6.18 Å². The molecule has 7 heteroatoms. The van der Waals surface area contributed by atoms with Crippen molar-refractivity contribution >= 4 is 31.9 Å². The first-order chi connectivity index (χ1) is 8.86. The maximum Gasteiger partial charge on any atom is 0.421 e. The highest BCUT2D eigenvalue weighted by atomic mass is 79.9. The SMILES string of the molecule is FC(F)(F)c1cccnc1Oc1cc(Br)cc(Br)c1. The Hall–Kier alpha value is -1.08. The lowest BCUT2D eigenvalue weighted by atomic mass is 10.2. The van der Waals surface area contributed by atoms with Crippen LogP contribution in [0.4, 0.5) is 13.2 Å². The molecule has 19 heavy (non-hydrogen) atoms. The van der Waals surface area contributed by atoms with Gasteiger partial charge < -0.3 is 4.74 Å². The van der Waals surface area contributed by atoms with E-state index < -0.39 is 17.6 Å². The van der Waals surface area contributed by atoms with Crippen molar-refractivity contribution in [1.82, 2.24) is 4.98 Å². The van der Waals surface area contributed by atoms with Crippen molar-refractivity contribution in [2.75, 3.05) is 0 Å². The zero-order valence-corrected chi connectivity index (χ0v) is 12.4. The highest BCUT2D eigenvalue weighted by molar-refractivity contribution is 9.11. The minimum Gasteiger partial charge on any atom is -0.438 e. The Morgan fingerprint density at radius 3 is 2.26 bits per heavy atom. The van der Waals surface area contributed by atoms with Crippen LogP contribution in [0.15, 0.2) is 45.5 Å². The fourth-order valence-electron chi connectivity index (χ4n) is 1.39. The molecule has 1 heterocycles. The predicted octanol–water partition coefficient (Wildman–Crippen LogP) is 5.42. The van der Waals surface area contributed by atoms with Gasteiger partial charge in [0.05, 0.1) is 0 Å². The third-order valence-corrected chi connectivity index (χ3v) is 3.04. The second-order valence-corrected chi connectivity index (χ2v) is 5.39. The van der Waals surface area contributed by atoms with Gasteiger partial charge in [-0.2, -0.15) is 13.2 Å². The summed E-state index contributed by atoms with van der Waals surface area (Å²) in [5.41, 5.74) is -0.911. The number of aromatic nitrogens is 1. The monoisotopic (exact) mass is 395 g/mol. The molecule has 1 aromatic heterocycles. The number of hydrogen-bond acceptors (Lipinski definition) is 2. The molecule has 0 saturated carbocycles. The fraction of sp³-hybridized carbons (Fsp3) is 0.0833. The largest absolute Gasteiger partial charge is 0.438 e. The Labute approximate surface area is 123 Å². The fourth-order valence-corrected chi connectivity index (χ4v) is 2.64. The molecule has 0 fully saturated rings. The van der Waals surface area contributed by atoms with E-state index in [-0.39, 0.29) is 5.75 Å². The standard InChI is InChI=1S/C12H6Br2F3NO/c13-7-4-8(14)6-9(5-7)19-11-10(12(15,16)17)2-1-3-18-11/h1-6H. The zero-order valence-electron chi connectivity index (χ0n) is 9.21. The molecule has 2 rings (SSSR count). The van der Waals surface area contributed by atoms with Gasteiger partial charge in [-0.05, 0) is 30.3 Å². The average Bonchev–Trinajstić information content (AvgIpc) is 2.26. The van der Waals surface area contributed by atoms with Crippen LogP contribution in [-0.4, -0.2) is 4.98 Å². The topological polar surface area (TPSA) is 22.1 Å². The molecule has 0 aliphatic carbocycles. The van der Waals surface area contributed by atoms with Gasteiger partial charge in [-0.15, -0.1) is 0 Å². The van der Waals surface area contributed by atoms with Crippen LogP contribution in [0.25, 0.3) is 0 Å². The van der Waals surface area contributed by atoms with Gasteiger partial charge in [-0.3, -0.25) is 0 Å². The highest BCUT2D eigenvalue weighted by Gasteiger charge is 2.35. The van der Waals surface area contributed by atoms with Gasteiger partial charge in [0.1, 0.15) is 11.3 Å². The molecule has 2 nitrogen and oxygen atoms in total. The third kappa shape index (κ3) is 3.70. The molecule has 0 atom stereocenters. The molecule has 0 amide bonds. The molecular weight excluding hydrogens is 391 g/mol. The lowest BCUT2D eigenvalue weighted by Gasteiger charge is -2.12. The number of halogens is 5. The third-order valence-electron chi connectivity index (χ3n) is 2.13. The van der Waals surface area contributed by atoms with Crippen molar-refractivity contribution in [1.29, 1.82) is 0 Å². The normalized spacial score (nSPS) is 11.4. The Balaban J connectivity index is 2.38. The first-order valence-corrected chi connectivity index (χ1v) is 6.61. The molecule has 0 N–H and O–H groups in total. The van der Waals surface area contributed by atoms with Gasteiger partial charge in [0, 0.05) is 15.1 Å². The molecule has 100 valence electrons. The molecule has 2 aromatic rings. The van der Waals surface area contributed by atoms with E-state index in [1.165, 1.54) is 12.3 Å². The first-order valence-electron chi connectivity index (χ1n) is 5.02. The second kappa shape index (κ2) is 5.50. The zero-order chi connectivity index (χ0) is 14.0. The van der Waals surface area contributed by atoms with Gasteiger partial charge in [-0.25, -0.2) is 4.98 Å². The summed E-state index contributed by atoms with van der Waals surface area (Å²) in [5, 5.41) is 0. The molecule has 0 aliphatic rings. The molecule has 0 aliphatic heterocycles. The van der Waals surface area contributed by atoms with E-state index in [0.29, 0.717) is 8.95 Å². The van der Waals surface area contributed by atoms with Crippen LogP contribution in [0.2, 0.25) is 0 Å². The van der Waals surface area contributed by atoms with Crippen LogP contribution in [0.5, 0.6) is 11.6 Å². The number of benzene rings is 1. The Morgan fingerprint density at radius 2 is 1.68 bits per heavy atom. The van der Waals surface area contributed by atoms with Crippen molar-refractivity contribution in [2.24, 2.45) is 0 Å². The van der Waals surface area contributed by atoms with Gasteiger partial charge in [0.2, 0.25) is 5.88 Å². The summed E-state index contributed by atoms with van der Waals surface area (Å²) >= 11 is 6.46. The quantitative estimate of drug-likeness (QED) is 0.676. The minimum absolute atomic E-state index is 0.255. The summed E-state index contributed by atoms with van der Waals surface area (Å²) in [6.07, 6.45) is -3.26. The number of nitrogens with zero attached hydrogens (tertiary/aromatic N) is 1. The molecule has 0 radical (unpaired) electrons. The summed E-state index contributed by atoms with van der Waals surface area (Å²) in [6.45, 7) is 0. The molecule has 0 saturated heterocycles. The van der Waals surface area contributed by atoms with E-state index in [0.717, 1.165) is 6.07 Å². The Bertz CT molecular complexity index is 582. The lowest BCUT2D eigenvalue weighted by molar-refractivity contribution is -0.138. The number of hydrogen-bond donors (Lipinski definition) is 0.